The van der Waals surface area contributed by atoms with Crippen LogP contribution in [0.2, 0.25) is 0 Å². The van der Waals surface area contributed by atoms with Gasteiger partial charge in [0, 0.05) is 6.54 Å². The van der Waals surface area contributed by atoms with E-state index < -0.39 is 8.02 Å². The highest BCUT2D eigenvalue weighted by Gasteiger charge is 2.42. The maximum absolute atomic E-state index is 12.6. The Bertz CT molecular complexity index is 403. The van der Waals surface area contributed by atoms with Gasteiger partial charge in [0.15, 0.2) is 5.75 Å². The molecule has 3 atom stereocenters. The van der Waals surface area contributed by atoms with E-state index in [1.165, 1.54) is 19.3 Å². The molecular formula is C13H19N2O2P. The van der Waals surface area contributed by atoms with Crippen molar-refractivity contribution in [2.75, 3.05) is 6.54 Å². The normalized spacial score (nSPS) is 35.8. The van der Waals surface area contributed by atoms with Gasteiger partial charge in [0.1, 0.15) is 0 Å². The molecule has 0 aromatic heterocycles. The molecule has 2 N–H and O–H groups in total. The molecule has 98 valence electrons. The molecule has 1 heterocycles. The van der Waals surface area contributed by atoms with E-state index in [0.29, 0.717) is 17.7 Å². The zero-order valence-electron chi connectivity index (χ0n) is 10.3. The van der Waals surface area contributed by atoms with Crippen LogP contribution in [0.4, 0.5) is 0 Å². The van der Waals surface area contributed by atoms with Gasteiger partial charge in [0.25, 0.3) is 8.02 Å². The zero-order chi connectivity index (χ0) is 12.4. The SMILES string of the molecule is [O-][P+]1(Oc2ccccc2)NC[C@H]2CCCC[C@H]2N1. The van der Waals surface area contributed by atoms with Crippen molar-refractivity contribution >= 4 is 8.02 Å². The van der Waals surface area contributed by atoms with Gasteiger partial charge in [0.05, 0.1) is 6.04 Å². The Balaban J connectivity index is 1.68. The molecule has 1 aliphatic heterocycles. The van der Waals surface area contributed by atoms with E-state index in [1.54, 1.807) is 0 Å². The summed E-state index contributed by atoms with van der Waals surface area (Å²) < 4.78 is 5.63. The molecule has 0 radical (unpaired) electrons. The van der Waals surface area contributed by atoms with Crippen molar-refractivity contribution in [3.8, 4) is 5.75 Å². The van der Waals surface area contributed by atoms with Crippen LogP contribution in [-0.4, -0.2) is 12.6 Å². The Morgan fingerprint density at radius 2 is 1.94 bits per heavy atom. The summed E-state index contributed by atoms with van der Waals surface area (Å²) in [7, 11) is -2.92. The van der Waals surface area contributed by atoms with Crippen LogP contribution >= 0.6 is 8.02 Å². The Hall–Kier alpha value is -0.670. The summed E-state index contributed by atoms with van der Waals surface area (Å²) in [5.74, 6) is 1.25. The van der Waals surface area contributed by atoms with Gasteiger partial charge in [-0.1, -0.05) is 31.0 Å². The van der Waals surface area contributed by atoms with Gasteiger partial charge in [-0.25, -0.2) is 0 Å². The smallest absolute Gasteiger partial charge is 0.297 e. The lowest BCUT2D eigenvalue weighted by Gasteiger charge is -2.42. The highest BCUT2D eigenvalue weighted by molar-refractivity contribution is 7.60. The van der Waals surface area contributed by atoms with Gasteiger partial charge in [0.2, 0.25) is 0 Å². The molecule has 4 nitrogen and oxygen atoms in total. The van der Waals surface area contributed by atoms with E-state index in [4.69, 9.17) is 4.52 Å². The first kappa shape index (κ1) is 12.4. The number of hydrogen-bond donors (Lipinski definition) is 2. The van der Waals surface area contributed by atoms with Crippen LogP contribution < -0.4 is 19.6 Å². The fraction of sp³-hybridized carbons (Fsp3) is 0.538. The van der Waals surface area contributed by atoms with Crippen LogP contribution in [0.15, 0.2) is 30.3 Å². The first-order valence-electron chi connectivity index (χ1n) is 6.63. The van der Waals surface area contributed by atoms with Crippen LogP contribution in [0.25, 0.3) is 0 Å². The number of hydrogen-bond acceptors (Lipinski definition) is 4. The van der Waals surface area contributed by atoms with Crippen LogP contribution in [0.5, 0.6) is 5.75 Å². The van der Waals surface area contributed by atoms with E-state index in [2.05, 4.69) is 10.2 Å². The van der Waals surface area contributed by atoms with E-state index in [-0.39, 0.29) is 0 Å². The Morgan fingerprint density at radius 1 is 1.17 bits per heavy atom. The third-order valence-electron chi connectivity index (χ3n) is 3.78. The second kappa shape index (κ2) is 5.14. The largest absolute Gasteiger partial charge is 0.618 e. The molecule has 1 aliphatic carbocycles. The quantitative estimate of drug-likeness (QED) is 0.802. The molecule has 1 saturated carbocycles. The molecule has 2 aliphatic rings. The van der Waals surface area contributed by atoms with Crippen LogP contribution in [0.3, 0.4) is 0 Å². The fourth-order valence-corrected chi connectivity index (χ4v) is 4.69. The second-order valence-electron chi connectivity index (χ2n) is 5.10. The standard InChI is InChI=1S/C13H19N2O2P/c16-18(17-12-7-2-1-3-8-12)14-10-11-6-4-5-9-13(11)15-18/h1-3,7-8,11,13H,4-6,9-10H2,(H2,14,15,16)/t11-,13-,18?/m1/s1. The first-order chi connectivity index (χ1) is 8.75. The molecule has 1 saturated heterocycles. The first-order valence-corrected chi connectivity index (χ1v) is 8.25. The van der Waals surface area contributed by atoms with E-state index in [0.717, 1.165) is 13.0 Å². The third kappa shape index (κ3) is 2.67. The van der Waals surface area contributed by atoms with Gasteiger partial charge in [-0.2, -0.15) is 0 Å². The summed E-state index contributed by atoms with van der Waals surface area (Å²) >= 11 is 0. The molecule has 3 rings (SSSR count). The number of fused-ring (bicyclic) bond motifs is 1. The van der Waals surface area contributed by atoms with Crippen LogP contribution in [0.1, 0.15) is 25.7 Å². The molecule has 1 unspecified atom stereocenters. The van der Waals surface area contributed by atoms with Gasteiger partial charge < -0.3 is 9.42 Å². The second-order valence-corrected chi connectivity index (χ2v) is 6.96. The Kier molecular flexibility index (Phi) is 3.53. The van der Waals surface area contributed by atoms with E-state index in [9.17, 15) is 4.89 Å². The minimum atomic E-state index is -2.92. The number of para-hydroxylation sites is 1. The lowest BCUT2D eigenvalue weighted by molar-refractivity contribution is -0.196. The summed E-state index contributed by atoms with van der Waals surface area (Å²) in [5, 5.41) is 6.27. The molecular weight excluding hydrogens is 247 g/mol. The molecule has 5 heteroatoms. The van der Waals surface area contributed by atoms with Gasteiger partial charge >= 0.3 is 0 Å². The van der Waals surface area contributed by atoms with Crippen LogP contribution in [0, 0.1) is 5.92 Å². The van der Waals surface area contributed by atoms with Crippen molar-refractivity contribution in [1.82, 2.24) is 10.2 Å². The average molecular weight is 266 g/mol. The zero-order valence-corrected chi connectivity index (χ0v) is 11.2. The molecule has 2 fully saturated rings. The van der Waals surface area contributed by atoms with Crippen LogP contribution in [-0.2, 0) is 0 Å². The lowest BCUT2D eigenvalue weighted by Crippen LogP contribution is -2.55. The van der Waals surface area contributed by atoms with Crippen molar-refractivity contribution in [2.24, 2.45) is 5.92 Å². The summed E-state index contributed by atoms with van der Waals surface area (Å²) in [6.45, 7) is 0.793. The van der Waals surface area contributed by atoms with Crippen molar-refractivity contribution in [2.45, 2.75) is 31.7 Å². The molecule has 1 aromatic carbocycles. The van der Waals surface area contributed by atoms with Crippen molar-refractivity contribution in [3.05, 3.63) is 30.3 Å². The van der Waals surface area contributed by atoms with E-state index >= 15 is 0 Å². The highest BCUT2D eigenvalue weighted by Crippen LogP contribution is 2.48. The number of nitrogens with one attached hydrogen (secondary N) is 2. The van der Waals surface area contributed by atoms with Crippen molar-refractivity contribution in [1.29, 1.82) is 0 Å². The third-order valence-corrected chi connectivity index (χ3v) is 5.52. The monoisotopic (exact) mass is 266 g/mol. The maximum Gasteiger partial charge on any atom is 0.297 e. The Labute approximate surface area is 108 Å². The number of rotatable bonds is 2. The molecule has 18 heavy (non-hydrogen) atoms. The molecule has 0 bridgehead atoms. The summed E-state index contributed by atoms with van der Waals surface area (Å²) in [6, 6.07) is 9.69. The summed E-state index contributed by atoms with van der Waals surface area (Å²) in [6.07, 6.45) is 4.83. The van der Waals surface area contributed by atoms with Gasteiger partial charge in [-0.15, -0.1) is 10.2 Å². The number of benzene rings is 1. The minimum Gasteiger partial charge on any atom is -0.618 e. The maximum atomic E-state index is 12.6. The molecule has 0 amide bonds. The highest BCUT2D eigenvalue weighted by atomic mass is 31.2. The predicted octanol–water partition coefficient (Wildman–Crippen LogP) is 1.85. The Morgan fingerprint density at radius 3 is 2.78 bits per heavy atom. The minimum absolute atomic E-state index is 0.342. The van der Waals surface area contributed by atoms with E-state index in [1.807, 2.05) is 30.3 Å². The average Bonchev–Trinajstić information content (AvgIpc) is 2.39. The molecule has 0 spiro atoms. The topological polar surface area (TPSA) is 56.4 Å². The summed E-state index contributed by atoms with van der Waals surface area (Å²) in [5.41, 5.74) is 0. The van der Waals surface area contributed by atoms with Crippen molar-refractivity contribution in [3.63, 3.8) is 0 Å². The lowest BCUT2D eigenvalue weighted by atomic mass is 9.85. The van der Waals surface area contributed by atoms with Gasteiger partial charge in [-0.3, -0.25) is 0 Å². The van der Waals surface area contributed by atoms with Crippen molar-refractivity contribution < 1.29 is 9.42 Å². The summed E-state index contributed by atoms with van der Waals surface area (Å²) in [4.78, 5) is 12.6. The molecule has 1 aromatic rings. The van der Waals surface area contributed by atoms with Gasteiger partial charge in [-0.05, 0) is 30.9 Å². The fourth-order valence-electron chi connectivity index (χ4n) is 2.81. The predicted molar refractivity (Wildman–Crippen MR) is 70.9 cm³/mol.